The maximum atomic E-state index is 6.31. The molecule has 1 fully saturated rings. The molecule has 5 heteroatoms. The molecule has 3 rings (SSSR count). The number of fused-ring (bicyclic) bond motifs is 1. The summed E-state index contributed by atoms with van der Waals surface area (Å²) < 4.78 is 5.39. The number of benzene rings is 1. The summed E-state index contributed by atoms with van der Waals surface area (Å²) in [4.78, 5) is 4.91. The Balaban J connectivity index is 1.64. The first-order valence-corrected chi connectivity index (χ1v) is 7.69. The van der Waals surface area contributed by atoms with Crippen molar-refractivity contribution in [2.75, 3.05) is 45.9 Å². The molecule has 0 amide bonds. The van der Waals surface area contributed by atoms with Crippen molar-refractivity contribution in [1.82, 2.24) is 9.80 Å². The molecule has 0 saturated carbocycles. The van der Waals surface area contributed by atoms with E-state index in [2.05, 4.69) is 15.9 Å². The first kappa shape index (κ1) is 14.3. The van der Waals surface area contributed by atoms with E-state index in [0.717, 1.165) is 51.0 Å². The van der Waals surface area contributed by atoms with Gasteiger partial charge in [0.15, 0.2) is 0 Å². The van der Waals surface area contributed by atoms with Crippen molar-refractivity contribution >= 4 is 11.6 Å². The van der Waals surface area contributed by atoms with Gasteiger partial charge in [0.25, 0.3) is 0 Å². The van der Waals surface area contributed by atoms with Crippen LogP contribution in [0.15, 0.2) is 18.2 Å². The third-order valence-electron chi connectivity index (χ3n) is 4.35. The fourth-order valence-corrected chi connectivity index (χ4v) is 3.41. The van der Waals surface area contributed by atoms with Crippen LogP contribution >= 0.6 is 11.6 Å². The van der Waals surface area contributed by atoms with Crippen LogP contribution in [0.4, 0.5) is 0 Å². The SMILES string of the molecule is NCC1c2cccc(Cl)c2CN1CCN1CCOCC1. The fourth-order valence-electron chi connectivity index (χ4n) is 3.17. The van der Waals surface area contributed by atoms with Gasteiger partial charge in [-0.25, -0.2) is 0 Å². The summed E-state index contributed by atoms with van der Waals surface area (Å²) in [7, 11) is 0. The molecule has 2 aliphatic heterocycles. The summed E-state index contributed by atoms with van der Waals surface area (Å²) >= 11 is 6.31. The molecule has 0 aromatic heterocycles. The minimum atomic E-state index is 0.310. The molecule has 0 aliphatic carbocycles. The molecule has 2 aliphatic rings. The number of nitrogens with two attached hydrogens (primary N) is 1. The zero-order valence-electron chi connectivity index (χ0n) is 11.7. The molecule has 1 unspecified atom stereocenters. The van der Waals surface area contributed by atoms with Crippen molar-refractivity contribution in [3.8, 4) is 0 Å². The molecule has 0 bridgehead atoms. The molecule has 1 aromatic rings. The lowest BCUT2D eigenvalue weighted by atomic mass is 10.1. The van der Waals surface area contributed by atoms with Crippen molar-refractivity contribution < 1.29 is 4.74 Å². The summed E-state index contributed by atoms with van der Waals surface area (Å²) in [5.41, 5.74) is 8.54. The second-order valence-electron chi connectivity index (χ2n) is 5.48. The van der Waals surface area contributed by atoms with Crippen molar-refractivity contribution in [2.24, 2.45) is 5.73 Å². The first-order valence-electron chi connectivity index (χ1n) is 7.31. The molecule has 0 spiro atoms. The number of rotatable bonds is 4. The van der Waals surface area contributed by atoms with E-state index >= 15 is 0 Å². The Hall–Kier alpha value is -0.650. The first-order chi connectivity index (χ1) is 9.79. The van der Waals surface area contributed by atoms with Gasteiger partial charge in [0.2, 0.25) is 0 Å². The quantitative estimate of drug-likeness (QED) is 0.914. The Kier molecular flexibility index (Phi) is 4.58. The van der Waals surface area contributed by atoms with Crippen LogP contribution in [0.1, 0.15) is 17.2 Å². The Morgan fingerprint density at radius 3 is 2.80 bits per heavy atom. The van der Waals surface area contributed by atoms with Gasteiger partial charge in [0, 0.05) is 50.3 Å². The predicted molar refractivity (Wildman–Crippen MR) is 80.9 cm³/mol. The second kappa shape index (κ2) is 6.41. The zero-order valence-corrected chi connectivity index (χ0v) is 12.5. The smallest absolute Gasteiger partial charge is 0.0594 e. The zero-order chi connectivity index (χ0) is 13.9. The van der Waals surface area contributed by atoms with Gasteiger partial charge in [-0.15, -0.1) is 0 Å². The highest BCUT2D eigenvalue weighted by molar-refractivity contribution is 6.31. The maximum absolute atomic E-state index is 6.31. The van der Waals surface area contributed by atoms with E-state index in [-0.39, 0.29) is 0 Å². The summed E-state index contributed by atoms with van der Waals surface area (Å²) in [6, 6.07) is 6.46. The molecule has 2 N–H and O–H groups in total. The predicted octanol–water partition coefficient (Wildman–Crippen LogP) is 1.49. The van der Waals surface area contributed by atoms with Gasteiger partial charge in [-0.05, 0) is 17.2 Å². The highest BCUT2D eigenvalue weighted by Gasteiger charge is 2.30. The minimum absolute atomic E-state index is 0.310. The number of morpholine rings is 1. The largest absolute Gasteiger partial charge is 0.379 e. The van der Waals surface area contributed by atoms with Crippen LogP contribution in [0.5, 0.6) is 0 Å². The monoisotopic (exact) mass is 295 g/mol. The molecule has 0 radical (unpaired) electrons. The molecule has 20 heavy (non-hydrogen) atoms. The average molecular weight is 296 g/mol. The Morgan fingerprint density at radius 1 is 1.25 bits per heavy atom. The summed E-state index contributed by atoms with van der Waals surface area (Å²) in [5, 5.41) is 0.870. The molecule has 1 aromatic carbocycles. The van der Waals surface area contributed by atoms with E-state index in [0.29, 0.717) is 12.6 Å². The van der Waals surface area contributed by atoms with E-state index in [9.17, 15) is 0 Å². The normalized spacial score (nSPS) is 24.0. The average Bonchev–Trinajstić information content (AvgIpc) is 2.85. The van der Waals surface area contributed by atoms with Gasteiger partial charge < -0.3 is 10.5 Å². The Labute approximate surface area is 125 Å². The number of halogens is 1. The molecule has 1 atom stereocenters. The summed E-state index contributed by atoms with van der Waals surface area (Å²) in [5.74, 6) is 0. The van der Waals surface area contributed by atoms with E-state index in [1.54, 1.807) is 0 Å². The van der Waals surface area contributed by atoms with Gasteiger partial charge in [-0.1, -0.05) is 23.7 Å². The van der Waals surface area contributed by atoms with Crippen LogP contribution in [-0.4, -0.2) is 55.7 Å². The Bertz CT molecular complexity index is 462. The highest BCUT2D eigenvalue weighted by Crippen LogP contribution is 2.36. The number of ether oxygens (including phenoxy) is 1. The van der Waals surface area contributed by atoms with Crippen LogP contribution in [0.3, 0.4) is 0 Å². The third-order valence-corrected chi connectivity index (χ3v) is 4.70. The van der Waals surface area contributed by atoms with Gasteiger partial charge in [-0.2, -0.15) is 0 Å². The number of nitrogens with zero attached hydrogens (tertiary/aromatic N) is 2. The standard InChI is InChI=1S/C15H22ClN3O/c16-14-3-1-2-12-13(14)11-19(15(12)10-17)5-4-18-6-8-20-9-7-18/h1-3,15H,4-11,17H2. The molecular formula is C15H22ClN3O. The van der Waals surface area contributed by atoms with E-state index in [1.165, 1.54) is 11.1 Å². The topological polar surface area (TPSA) is 41.7 Å². The molecular weight excluding hydrogens is 274 g/mol. The number of hydrogen-bond donors (Lipinski definition) is 1. The van der Waals surface area contributed by atoms with Crippen molar-refractivity contribution in [3.05, 3.63) is 34.3 Å². The van der Waals surface area contributed by atoms with E-state index < -0.39 is 0 Å². The Morgan fingerprint density at radius 2 is 2.05 bits per heavy atom. The summed E-state index contributed by atoms with van der Waals surface area (Å²) in [6.45, 7) is 7.46. The third kappa shape index (κ3) is 2.85. The van der Waals surface area contributed by atoms with Crippen LogP contribution in [0.2, 0.25) is 5.02 Å². The van der Waals surface area contributed by atoms with Crippen LogP contribution in [-0.2, 0) is 11.3 Å². The van der Waals surface area contributed by atoms with E-state index in [1.807, 2.05) is 12.1 Å². The fraction of sp³-hybridized carbons (Fsp3) is 0.600. The van der Waals surface area contributed by atoms with E-state index in [4.69, 9.17) is 22.1 Å². The van der Waals surface area contributed by atoms with Crippen molar-refractivity contribution in [2.45, 2.75) is 12.6 Å². The van der Waals surface area contributed by atoms with Crippen LogP contribution in [0, 0.1) is 0 Å². The maximum Gasteiger partial charge on any atom is 0.0594 e. The van der Waals surface area contributed by atoms with Crippen LogP contribution < -0.4 is 5.73 Å². The van der Waals surface area contributed by atoms with Gasteiger partial charge in [0.05, 0.1) is 13.2 Å². The molecule has 2 heterocycles. The summed E-state index contributed by atoms with van der Waals surface area (Å²) in [6.07, 6.45) is 0. The van der Waals surface area contributed by atoms with Gasteiger partial charge >= 0.3 is 0 Å². The van der Waals surface area contributed by atoms with Gasteiger partial charge in [-0.3, -0.25) is 9.80 Å². The lowest BCUT2D eigenvalue weighted by Gasteiger charge is -2.30. The molecule has 110 valence electrons. The molecule has 4 nitrogen and oxygen atoms in total. The van der Waals surface area contributed by atoms with Crippen molar-refractivity contribution in [3.63, 3.8) is 0 Å². The highest BCUT2D eigenvalue weighted by atomic mass is 35.5. The lowest BCUT2D eigenvalue weighted by molar-refractivity contribution is 0.0314. The van der Waals surface area contributed by atoms with Gasteiger partial charge in [0.1, 0.15) is 0 Å². The molecule has 1 saturated heterocycles. The minimum Gasteiger partial charge on any atom is -0.379 e. The van der Waals surface area contributed by atoms with Crippen LogP contribution in [0.25, 0.3) is 0 Å². The second-order valence-corrected chi connectivity index (χ2v) is 5.89. The van der Waals surface area contributed by atoms with Crippen molar-refractivity contribution in [1.29, 1.82) is 0 Å². The lowest BCUT2D eigenvalue weighted by Crippen LogP contribution is -2.41. The number of hydrogen-bond acceptors (Lipinski definition) is 4.